The summed E-state index contributed by atoms with van der Waals surface area (Å²) >= 11 is 4.96. The van der Waals surface area contributed by atoms with Crippen molar-refractivity contribution in [3.63, 3.8) is 0 Å². The topological polar surface area (TPSA) is 35.0 Å². The second kappa shape index (κ2) is 8.29. The van der Waals surface area contributed by atoms with Crippen LogP contribution in [0.15, 0.2) is 76.2 Å². The van der Waals surface area contributed by atoms with E-state index >= 15 is 0 Å². The second-order valence-corrected chi connectivity index (χ2v) is 8.09. The molecule has 0 spiro atoms. The average Bonchev–Trinajstić information content (AvgIpc) is 2.74. The Morgan fingerprint density at radius 1 is 1.07 bits per heavy atom. The lowest BCUT2D eigenvalue weighted by atomic mass is 10.0. The highest BCUT2D eigenvalue weighted by atomic mass is 79.9. The van der Waals surface area contributed by atoms with Gasteiger partial charge in [-0.3, -0.25) is 0 Å². The predicted octanol–water partition coefficient (Wildman–Crippen LogP) is 6.50. The summed E-state index contributed by atoms with van der Waals surface area (Å²) < 4.78 is 19.9. The molecule has 0 unspecified atom stereocenters. The quantitative estimate of drug-likeness (QED) is 0.322. The Balaban J connectivity index is 1.71. The first-order valence-corrected chi connectivity index (χ1v) is 10.4. The second-order valence-electron chi connectivity index (χ2n) is 6.18. The van der Waals surface area contributed by atoms with E-state index in [0.717, 1.165) is 21.4 Å². The van der Waals surface area contributed by atoms with Gasteiger partial charge in [0.1, 0.15) is 17.3 Å². The Morgan fingerprint density at radius 2 is 1.89 bits per heavy atom. The standard InChI is InChI=1S/C22H16BrFN2OS/c1-27-21-11-19(23)20(24)10-18(21)22-17-8-7-16(9-15(17)12-25-26-22)28-13-14-5-3-2-4-6-14/h2-12H,13H2,1H3. The number of fused-ring (bicyclic) bond motifs is 1. The lowest BCUT2D eigenvalue weighted by Gasteiger charge is -2.11. The number of ether oxygens (including phenoxy) is 1. The number of thioether (sulfide) groups is 1. The first kappa shape index (κ1) is 18.9. The van der Waals surface area contributed by atoms with Crippen molar-refractivity contribution in [2.45, 2.75) is 10.6 Å². The molecule has 0 aliphatic carbocycles. The Hall–Kier alpha value is -2.44. The number of aromatic nitrogens is 2. The normalized spacial score (nSPS) is 11.0. The van der Waals surface area contributed by atoms with Crippen LogP contribution in [0.5, 0.6) is 5.75 Å². The number of hydrogen-bond donors (Lipinski definition) is 0. The highest BCUT2D eigenvalue weighted by Gasteiger charge is 2.15. The van der Waals surface area contributed by atoms with Gasteiger partial charge in [0.05, 0.1) is 17.8 Å². The molecule has 0 saturated carbocycles. The van der Waals surface area contributed by atoms with Crippen LogP contribution in [0.25, 0.3) is 22.0 Å². The highest BCUT2D eigenvalue weighted by Crippen LogP contribution is 2.37. The molecular weight excluding hydrogens is 439 g/mol. The van der Waals surface area contributed by atoms with Gasteiger partial charge in [0.15, 0.2) is 0 Å². The largest absolute Gasteiger partial charge is 0.496 e. The minimum absolute atomic E-state index is 0.348. The molecule has 140 valence electrons. The van der Waals surface area contributed by atoms with E-state index in [1.807, 2.05) is 24.3 Å². The molecule has 0 aliphatic heterocycles. The van der Waals surface area contributed by atoms with E-state index < -0.39 is 0 Å². The lowest BCUT2D eigenvalue weighted by molar-refractivity contribution is 0.415. The number of benzene rings is 3. The molecule has 3 nitrogen and oxygen atoms in total. The zero-order valence-corrected chi connectivity index (χ0v) is 17.4. The maximum Gasteiger partial charge on any atom is 0.138 e. The van der Waals surface area contributed by atoms with Gasteiger partial charge in [0.25, 0.3) is 0 Å². The van der Waals surface area contributed by atoms with Crippen LogP contribution in [-0.2, 0) is 5.75 Å². The number of nitrogens with zero attached hydrogens (tertiary/aromatic N) is 2. The van der Waals surface area contributed by atoms with Gasteiger partial charge < -0.3 is 4.74 Å². The van der Waals surface area contributed by atoms with Crippen molar-refractivity contribution >= 4 is 38.5 Å². The maximum atomic E-state index is 14.2. The molecule has 0 amide bonds. The maximum absolute atomic E-state index is 14.2. The minimum atomic E-state index is -0.371. The van der Waals surface area contributed by atoms with E-state index in [0.29, 0.717) is 21.5 Å². The monoisotopic (exact) mass is 454 g/mol. The van der Waals surface area contributed by atoms with Gasteiger partial charge in [-0.25, -0.2) is 4.39 Å². The summed E-state index contributed by atoms with van der Waals surface area (Å²) in [4.78, 5) is 1.14. The molecule has 0 radical (unpaired) electrons. The Kier molecular flexibility index (Phi) is 5.59. The summed E-state index contributed by atoms with van der Waals surface area (Å²) in [6.45, 7) is 0. The molecule has 3 aromatic carbocycles. The molecular formula is C22H16BrFN2OS. The molecule has 0 aliphatic rings. The van der Waals surface area contributed by atoms with Crippen LogP contribution in [0.2, 0.25) is 0 Å². The van der Waals surface area contributed by atoms with Crippen molar-refractivity contribution in [1.82, 2.24) is 10.2 Å². The molecule has 4 rings (SSSR count). The number of hydrogen-bond acceptors (Lipinski definition) is 4. The minimum Gasteiger partial charge on any atom is -0.496 e. The number of halogens is 2. The first-order valence-electron chi connectivity index (χ1n) is 8.61. The summed E-state index contributed by atoms with van der Waals surface area (Å²) in [6, 6.07) is 19.5. The SMILES string of the molecule is COc1cc(Br)c(F)cc1-c1nncc2cc(SCc3ccccc3)ccc12. The fraction of sp³-hybridized carbons (Fsp3) is 0.0909. The van der Waals surface area contributed by atoms with Gasteiger partial charge >= 0.3 is 0 Å². The summed E-state index contributed by atoms with van der Waals surface area (Å²) in [5, 5.41) is 10.2. The van der Waals surface area contributed by atoms with Crippen molar-refractivity contribution in [3.8, 4) is 17.0 Å². The summed E-state index contributed by atoms with van der Waals surface area (Å²) in [5.74, 6) is 1.06. The molecule has 0 fully saturated rings. The molecule has 0 N–H and O–H groups in total. The molecule has 1 aromatic heterocycles. The lowest BCUT2D eigenvalue weighted by Crippen LogP contribution is -1.95. The van der Waals surface area contributed by atoms with E-state index in [1.165, 1.54) is 11.6 Å². The van der Waals surface area contributed by atoms with Gasteiger partial charge in [-0.1, -0.05) is 36.4 Å². The van der Waals surface area contributed by atoms with E-state index in [-0.39, 0.29) is 5.82 Å². The third-order valence-electron chi connectivity index (χ3n) is 4.38. The molecule has 4 aromatic rings. The van der Waals surface area contributed by atoms with Crippen LogP contribution in [0.3, 0.4) is 0 Å². The van der Waals surface area contributed by atoms with Gasteiger partial charge in [0, 0.05) is 27.0 Å². The average molecular weight is 455 g/mol. The van der Waals surface area contributed by atoms with Gasteiger partial charge in [-0.15, -0.1) is 16.9 Å². The van der Waals surface area contributed by atoms with Crippen LogP contribution >= 0.6 is 27.7 Å². The van der Waals surface area contributed by atoms with Crippen LogP contribution in [0, 0.1) is 5.82 Å². The van der Waals surface area contributed by atoms with Gasteiger partial charge in [-0.2, -0.15) is 5.10 Å². The zero-order chi connectivity index (χ0) is 19.5. The van der Waals surface area contributed by atoms with E-state index in [9.17, 15) is 4.39 Å². The van der Waals surface area contributed by atoms with Crippen molar-refractivity contribution in [1.29, 1.82) is 0 Å². The van der Waals surface area contributed by atoms with Crippen molar-refractivity contribution in [3.05, 3.63) is 82.7 Å². The molecule has 0 saturated heterocycles. The third-order valence-corrected chi connectivity index (χ3v) is 6.05. The molecule has 6 heteroatoms. The van der Waals surface area contributed by atoms with Gasteiger partial charge in [-0.05, 0) is 45.8 Å². The summed E-state index contributed by atoms with van der Waals surface area (Å²) in [6.07, 6.45) is 1.73. The first-order chi connectivity index (χ1) is 13.7. The van der Waals surface area contributed by atoms with Crippen LogP contribution in [-0.4, -0.2) is 17.3 Å². The molecule has 28 heavy (non-hydrogen) atoms. The van der Waals surface area contributed by atoms with Crippen molar-refractivity contribution < 1.29 is 9.13 Å². The third kappa shape index (κ3) is 3.88. The Morgan fingerprint density at radius 3 is 2.68 bits per heavy atom. The molecule has 0 bridgehead atoms. The molecule has 1 heterocycles. The summed E-state index contributed by atoms with van der Waals surface area (Å²) in [7, 11) is 1.56. The van der Waals surface area contributed by atoms with Crippen LogP contribution in [0.4, 0.5) is 4.39 Å². The fourth-order valence-corrected chi connectivity index (χ4v) is 4.20. The van der Waals surface area contributed by atoms with E-state index in [1.54, 1.807) is 31.1 Å². The van der Waals surface area contributed by atoms with Crippen LogP contribution < -0.4 is 4.74 Å². The predicted molar refractivity (Wildman–Crippen MR) is 115 cm³/mol. The van der Waals surface area contributed by atoms with Crippen molar-refractivity contribution in [2.75, 3.05) is 7.11 Å². The van der Waals surface area contributed by atoms with Crippen molar-refractivity contribution in [2.24, 2.45) is 0 Å². The van der Waals surface area contributed by atoms with E-state index in [2.05, 4.69) is 50.4 Å². The highest BCUT2D eigenvalue weighted by molar-refractivity contribution is 9.10. The zero-order valence-electron chi connectivity index (χ0n) is 15.0. The van der Waals surface area contributed by atoms with Gasteiger partial charge in [0.2, 0.25) is 0 Å². The fourth-order valence-electron chi connectivity index (χ4n) is 2.98. The smallest absolute Gasteiger partial charge is 0.138 e. The number of rotatable bonds is 5. The Bertz CT molecular complexity index is 1140. The summed E-state index contributed by atoms with van der Waals surface area (Å²) in [5.41, 5.74) is 2.45. The Labute approximate surface area is 175 Å². The number of methoxy groups -OCH3 is 1. The molecule has 0 atom stereocenters. The van der Waals surface area contributed by atoms with Crippen LogP contribution in [0.1, 0.15) is 5.56 Å². The van der Waals surface area contributed by atoms with E-state index in [4.69, 9.17) is 4.74 Å².